The van der Waals surface area contributed by atoms with Crippen LogP contribution in [0.4, 0.5) is 13.2 Å². The topological polar surface area (TPSA) is 0 Å². The number of fused-ring (bicyclic) bond motifs is 1. The minimum Gasteiger partial charge on any atom is -0.166 e. The zero-order valence-electron chi connectivity index (χ0n) is 7.02. The summed E-state index contributed by atoms with van der Waals surface area (Å²) >= 11 is 0. The highest BCUT2D eigenvalue weighted by molar-refractivity contribution is 5.41. The van der Waals surface area contributed by atoms with E-state index in [-0.39, 0.29) is 0 Å². The molecular weight excluding hydrogens is 189 g/mol. The second kappa shape index (κ2) is 2.91. The van der Waals surface area contributed by atoms with Gasteiger partial charge in [0, 0.05) is 10.4 Å². The molecule has 14 heavy (non-hydrogen) atoms. The SMILES string of the molecule is FC(F)(F)c1ccc2c(c1)=C=CC=C=2. The fraction of sp³-hybridized carbons (Fsp3) is 0.0909. The van der Waals surface area contributed by atoms with Crippen molar-refractivity contribution >= 4 is 11.5 Å². The average molecular weight is 194 g/mol. The van der Waals surface area contributed by atoms with E-state index >= 15 is 0 Å². The quantitative estimate of drug-likeness (QED) is 0.588. The van der Waals surface area contributed by atoms with Gasteiger partial charge < -0.3 is 0 Å². The molecule has 0 spiro atoms. The molecule has 0 bridgehead atoms. The molecule has 0 saturated heterocycles. The number of alkyl halides is 3. The van der Waals surface area contributed by atoms with E-state index in [2.05, 4.69) is 11.5 Å². The second-order valence-corrected chi connectivity index (χ2v) is 2.88. The molecule has 1 aliphatic carbocycles. The third-order valence-corrected chi connectivity index (χ3v) is 1.91. The van der Waals surface area contributed by atoms with Crippen LogP contribution in [-0.2, 0) is 6.18 Å². The van der Waals surface area contributed by atoms with Crippen molar-refractivity contribution in [1.82, 2.24) is 0 Å². The molecule has 0 heterocycles. The number of benzene rings is 1. The molecule has 0 saturated carbocycles. The maximum absolute atomic E-state index is 12.3. The van der Waals surface area contributed by atoms with Gasteiger partial charge in [0.15, 0.2) is 0 Å². The lowest BCUT2D eigenvalue weighted by Gasteiger charge is -2.05. The molecule has 70 valence electrons. The molecule has 0 aliphatic heterocycles. The van der Waals surface area contributed by atoms with E-state index in [0.717, 1.165) is 12.1 Å². The van der Waals surface area contributed by atoms with E-state index in [1.54, 1.807) is 12.2 Å². The summed E-state index contributed by atoms with van der Waals surface area (Å²) in [7, 11) is 0. The Kier molecular flexibility index (Phi) is 1.85. The molecule has 0 fully saturated rings. The number of hydrogen-bond donors (Lipinski definition) is 0. The summed E-state index contributed by atoms with van der Waals surface area (Å²) < 4.78 is 36.9. The van der Waals surface area contributed by atoms with Gasteiger partial charge in [0.25, 0.3) is 0 Å². The van der Waals surface area contributed by atoms with Gasteiger partial charge in [-0.15, -0.1) is 11.5 Å². The molecule has 2 rings (SSSR count). The van der Waals surface area contributed by atoms with Crippen molar-refractivity contribution in [2.75, 3.05) is 0 Å². The molecule has 1 aliphatic rings. The third-order valence-electron chi connectivity index (χ3n) is 1.91. The van der Waals surface area contributed by atoms with Gasteiger partial charge in [0.2, 0.25) is 0 Å². The first-order valence-corrected chi connectivity index (χ1v) is 3.97. The fourth-order valence-corrected chi connectivity index (χ4v) is 1.23. The molecule has 0 nitrogen and oxygen atoms in total. The number of allylic oxidation sites excluding steroid dienone is 2. The van der Waals surface area contributed by atoms with Crippen LogP contribution in [0.2, 0.25) is 0 Å². The van der Waals surface area contributed by atoms with Gasteiger partial charge in [-0.1, -0.05) is 0 Å². The third kappa shape index (κ3) is 1.51. The largest absolute Gasteiger partial charge is 0.416 e. The van der Waals surface area contributed by atoms with Crippen LogP contribution >= 0.6 is 0 Å². The molecular formula is C11H5F3. The van der Waals surface area contributed by atoms with Crippen molar-refractivity contribution in [3.05, 3.63) is 46.4 Å². The Balaban J connectivity index is 2.76. The number of rotatable bonds is 0. The maximum Gasteiger partial charge on any atom is 0.416 e. The highest BCUT2D eigenvalue weighted by Crippen LogP contribution is 2.27. The van der Waals surface area contributed by atoms with Crippen LogP contribution in [-0.4, -0.2) is 0 Å². The number of hydrogen-bond acceptors (Lipinski definition) is 0. The highest BCUT2D eigenvalue weighted by atomic mass is 19.4. The second-order valence-electron chi connectivity index (χ2n) is 2.88. The summed E-state index contributed by atoms with van der Waals surface area (Å²) in [5, 5.41) is 1.07. The Morgan fingerprint density at radius 3 is 2.21 bits per heavy atom. The Labute approximate surface area is 78.0 Å². The monoisotopic (exact) mass is 194 g/mol. The highest BCUT2D eigenvalue weighted by Gasteiger charge is 2.30. The van der Waals surface area contributed by atoms with Crippen molar-refractivity contribution in [2.45, 2.75) is 6.18 Å². The van der Waals surface area contributed by atoms with Crippen LogP contribution in [0.5, 0.6) is 0 Å². The van der Waals surface area contributed by atoms with Crippen LogP contribution in [0.15, 0.2) is 30.4 Å². The first-order valence-electron chi connectivity index (χ1n) is 3.97. The van der Waals surface area contributed by atoms with E-state index in [4.69, 9.17) is 0 Å². The lowest BCUT2D eigenvalue weighted by atomic mass is 10.1. The minimum atomic E-state index is -4.29. The normalized spacial score (nSPS) is 13.1. The van der Waals surface area contributed by atoms with Crippen LogP contribution in [0, 0.1) is 0 Å². The van der Waals surface area contributed by atoms with Crippen LogP contribution in [0.3, 0.4) is 0 Å². The molecule has 0 N–H and O–H groups in total. The molecule has 0 radical (unpaired) electrons. The van der Waals surface area contributed by atoms with Gasteiger partial charge in [-0.2, -0.15) is 13.2 Å². The van der Waals surface area contributed by atoms with Gasteiger partial charge in [0.05, 0.1) is 5.56 Å². The summed E-state index contributed by atoms with van der Waals surface area (Å²) in [6, 6.07) is 3.52. The minimum absolute atomic E-state index is 0.433. The van der Waals surface area contributed by atoms with Crippen molar-refractivity contribution < 1.29 is 13.2 Å². The van der Waals surface area contributed by atoms with Crippen LogP contribution in [0.25, 0.3) is 11.5 Å². The van der Waals surface area contributed by atoms with Gasteiger partial charge >= 0.3 is 6.18 Å². The molecule has 0 aromatic heterocycles. The van der Waals surface area contributed by atoms with Crippen molar-refractivity contribution in [3.63, 3.8) is 0 Å². The van der Waals surface area contributed by atoms with Gasteiger partial charge in [-0.3, -0.25) is 0 Å². The standard InChI is InChI=1S/C11H5F3/c12-11(13,14)10-6-5-8-3-1-2-4-9(8)7-10/h1-2,5-7H. The molecule has 3 heteroatoms. The lowest BCUT2D eigenvalue weighted by molar-refractivity contribution is -0.137. The number of halogens is 3. The van der Waals surface area contributed by atoms with E-state index in [1.807, 2.05) is 0 Å². The average Bonchev–Trinajstić information content (AvgIpc) is 2.16. The van der Waals surface area contributed by atoms with Crippen molar-refractivity contribution in [2.24, 2.45) is 0 Å². The predicted molar refractivity (Wildman–Crippen MR) is 46.7 cm³/mol. The van der Waals surface area contributed by atoms with E-state index in [9.17, 15) is 13.2 Å². The Hall–Kier alpha value is -1.69. The summed E-state index contributed by atoms with van der Waals surface area (Å²) in [6.45, 7) is 0. The Bertz CT molecular complexity index is 551. The predicted octanol–water partition coefficient (Wildman–Crippen LogP) is 1.59. The summed E-state index contributed by atoms with van der Waals surface area (Å²) in [6.07, 6.45) is -1.13. The molecule has 1 aromatic rings. The van der Waals surface area contributed by atoms with Gasteiger partial charge in [0.1, 0.15) is 0 Å². The molecule has 0 atom stereocenters. The Morgan fingerprint density at radius 1 is 0.929 bits per heavy atom. The zero-order chi connectivity index (χ0) is 10.2. The van der Waals surface area contributed by atoms with Crippen molar-refractivity contribution in [1.29, 1.82) is 0 Å². The van der Waals surface area contributed by atoms with Crippen molar-refractivity contribution in [3.8, 4) is 0 Å². The Morgan fingerprint density at radius 2 is 1.57 bits per heavy atom. The molecule has 0 unspecified atom stereocenters. The van der Waals surface area contributed by atoms with Gasteiger partial charge in [-0.25, -0.2) is 0 Å². The summed E-state index contributed by atoms with van der Waals surface area (Å²) in [5.41, 5.74) is 4.91. The maximum atomic E-state index is 12.3. The summed E-state index contributed by atoms with van der Waals surface area (Å²) in [4.78, 5) is 0. The molecule has 0 amide bonds. The van der Waals surface area contributed by atoms with Gasteiger partial charge in [-0.05, 0) is 30.4 Å². The lowest BCUT2D eigenvalue weighted by Crippen LogP contribution is -2.25. The van der Waals surface area contributed by atoms with E-state index in [0.29, 0.717) is 10.4 Å². The zero-order valence-corrected chi connectivity index (χ0v) is 7.02. The first-order chi connectivity index (χ1) is 6.57. The van der Waals surface area contributed by atoms with Crippen LogP contribution < -0.4 is 10.4 Å². The smallest absolute Gasteiger partial charge is 0.166 e. The molecule has 1 aromatic carbocycles. The van der Waals surface area contributed by atoms with Crippen LogP contribution in [0.1, 0.15) is 5.56 Å². The first kappa shape index (κ1) is 8.89. The van der Waals surface area contributed by atoms with E-state index < -0.39 is 11.7 Å². The fourth-order valence-electron chi connectivity index (χ4n) is 1.23. The summed E-state index contributed by atoms with van der Waals surface area (Å²) in [5.74, 6) is 0. The van der Waals surface area contributed by atoms with E-state index in [1.165, 1.54) is 6.07 Å².